The van der Waals surface area contributed by atoms with Crippen molar-refractivity contribution in [3.63, 3.8) is 0 Å². The molecule has 0 saturated heterocycles. The summed E-state index contributed by atoms with van der Waals surface area (Å²) in [5.74, 6) is -0.186. The molecular formula is C8H8N4OS. The first-order valence-corrected chi connectivity index (χ1v) is 4.48. The van der Waals surface area contributed by atoms with E-state index in [0.717, 1.165) is 0 Å². The maximum atomic E-state index is 11.5. The third-order valence-electron chi connectivity index (χ3n) is 1.82. The molecule has 6 heteroatoms. The summed E-state index contributed by atoms with van der Waals surface area (Å²) in [5.41, 5.74) is 1.42. The van der Waals surface area contributed by atoms with E-state index in [9.17, 15) is 4.79 Å². The Bertz CT molecular complexity index is 467. The van der Waals surface area contributed by atoms with Gasteiger partial charge in [-0.3, -0.25) is 9.52 Å². The highest BCUT2D eigenvalue weighted by Gasteiger charge is 2.09. The summed E-state index contributed by atoms with van der Waals surface area (Å²) in [6.07, 6.45) is 0. The molecule has 0 atom stereocenters. The molecule has 2 rings (SSSR count). The molecule has 0 aliphatic carbocycles. The quantitative estimate of drug-likeness (QED) is 0.706. The molecular weight excluding hydrogens is 200 g/mol. The zero-order chi connectivity index (χ0) is 9.97. The third kappa shape index (κ3) is 1.49. The molecule has 0 amide bonds. The van der Waals surface area contributed by atoms with Crippen LogP contribution in [-0.2, 0) is 0 Å². The number of hydrogen-bond donors (Lipinski definition) is 2. The van der Waals surface area contributed by atoms with E-state index in [2.05, 4.69) is 27.8 Å². The van der Waals surface area contributed by atoms with Gasteiger partial charge >= 0.3 is 0 Å². The van der Waals surface area contributed by atoms with E-state index in [4.69, 9.17) is 0 Å². The summed E-state index contributed by atoms with van der Waals surface area (Å²) >= 11 is 3.75. The molecule has 1 N–H and O–H groups in total. The van der Waals surface area contributed by atoms with Gasteiger partial charge in [0.2, 0.25) is 0 Å². The van der Waals surface area contributed by atoms with Crippen LogP contribution in [0.15, 0.2) is 24.3 Å². The Kier molecular flexibility index (Phi) is 2.47. The molecule has 1 aromatic carbocycles. The summed E-state index contributed by atoms with van der Waals surface area (Å²) in [5, 5.41) is 7.62. The number of rotatable bonds is 2. The maximum absolute atomic E-state index is 11.5. The molecule has 1 heterocycles. The molecule has 0 bridgehead atoms. The van der Waals surface area contributed by atoms with E-state index >= 15 is 0 Å². The fraction of sp³-hybridized carbons (Fsp3) is 0.125. The van der Waals surface area contributed by atoms with Crippen LogP contribution in [0, 0.1) is 0 Å². The van der Waals surface area contributed by atoms with Gasteiger partial charge in [0.25, 0.3) is 5.91 Å². The van der Waals surface area contributed by atoms with Gasteiger partial charge in [-0.1, -0.05) is 30.2 Å². The lowest BCUT2D eigenvalue weighted by Crippen LogP contribution is -2.22. The van der Waals surface area contributed by atoms with Crippen molar-refractivity contribution in [2.75, 3.05) is 6.54 Å². The van der Waals surface area contributed by atoms with Gasteiger partial charge < -0.3 is 0 Å². The van der Waals surface area contributed by atoms with Crippen molar-refractivity contribution < 1.29 is 4.79 Å². The number of nitrogens with zero attached hydrogens (tertiary/aromatic N) is 3. The fourth-order valence-electron chi connectivity index (χ4n) is 1.20. The lowest BCUT2D eigenvalue weighted by Gasteiger charge is -1.98. The highest BCUT2D eigenvalue weighted by Crippen LogP contribution is 2.08. The minimum atomic E-state index is -0.186. The van der Waals surface area contributed by atoms with Crippen molar-refractivity contribution in [2.24, 2.45) is 0 Å². The van der Waals surface area contributed by atoms with E-state index in [-0.39, 0.29) is 12.5 Å². The van der Waals surface area contributed by atoms with Crippen molar-refractivity contribution in [3.8, 4) is 0 Å². The van der Waals surface area contributed by atoms with Gasteiger partial charge in [-0.05, 0) is 12.1 Å². The number of carbonyl (C=O) groups is 1. The van der Waals surface area contributed by atoms with Crippen molar-refractivity contribution >= 4 is 29.8 Å². The lowest BCUT2D eigenvalue weighted by atomic mass is 10.3. The Morgan fingerprint density at radius 3 is 3.07 bits per heavy atom. The highest BCUT2D eigenvalue weighted by atomic mass is 32.1. The number of para-hydroxylation sites is 1. The van der Waals surface area contributed by atoms with Crippen LogP contribution >= 0.6 is 12.8 Å². The van der Waals surface area contributed by atoms with E-state index in [1.165, 1.54) is 4.68 Å². The summed E-state index contributed by atoms with van der Waals surface area (Å²) in [6, 6.07) is 7.29. The Morgan fingerprint density at radius 2 is 2.29 bits per heavy atom. The number of benzene rings is 1. The van der Waals surface area contributed by atoms with Crippen LogP contribution in [0.1, 0.15) is 4.79 Å². The Balaban J connectivity index is 2.47. The second kappa shape index (κ2) is 3.77. The minimum absolute atomic E-state index is 0.121. The largest absolute Gasteiger partial charge is 0.271 e. The monoisotopic (exact) mass is 208 g/mol. The number of thiol groups is 1. The van der Waals surface area contributed by atoms with Crippen molar-refractivity contribution in [2.45, 2.75) is 0 Å². The zero-order valence-electron chi connectivity index (χ0n) is 7.21. The summed E-state index contributed by atoms with van der Waals surface area (Å²) in [6.45, 7) is 0.121. The molecule has 0 spiro atoms. The van der Waals surface area contributed by atoms with Crippen LogP contribution in [0.4, 0.5) is 0 Å². The standard InChI is InChI=1S/C8H8N4OS/c13-8(5-9-14)12-7-4-2-1-3-6(7)10-11-12/h1-4,9,14H,5H2. The van der Waals surface area contributed by atoms with Gasteiger partial charge in [-0.15, -0.1) is 5.10 Å². The maximum Gasteiger partial charge on any atom is 0.263 e. The number of carbonyl (C=O) groups excluding carboxylic acids is 1. The second-order valence-electron chi connectivity index (χ2n) is 2.72. The molecule has 0 unspecified atom stereocenters. The predicted octanol–water partition coefficient (Wildman–Crippen LogP) is 0.506. The molecule has 0 radical (unpaired) electrons. The van der Waals surface area contributed by atoms with Crippen molar-refractivity contribution in [1.82, 2.24) is 19.7 Å². The smallest absolute Gasteiger partial charge is 0.263 e. The average molecular weight is 208 g/mol. The van der Waals surface area contributed by atoms with Gasteiger partial charge in [0.1, 0.15) is 5.52 Å². The van der Waals surface area contributed by atoms with E-state index < -0.39 is 0 Å². The van der Waals surface area contributed by atoms with Gasteiger partial charge in [0, 0.05) is 0 Å². The SMILES string of the molecule is O=C(CNS)n1nnc2ccccc21. The molecule has 0 aliphatic rings. The van der Waals surface area contributed by atoms with Gasteiger partial charge in [-0.25, -0.2) is 0 Å². The normalized spacial score (nSPS) is 10.6. The van der Waals surface area contributed by atoms with Crippen LogP contribution < -0.4 is 4.72 Å². The molecule has 1 aromatic heterocycles. The third-order valence-corrected chi connectivity index (χ3v) is 1.98. The van der Waals surface area contributed by atoms with E-state index in [1.54, 1.807) is 12.1 Å². The highest BCUT2D eigenvalue weighted by molar-refractivity contribution is 7.78. The van der Waals surface area contributed by atoms with Crippen LogP contribution in [0.5, 0.6) is 0 Å². The summed E-state index contributed by atoms with van der Waals surface area (Å²) in [4.78, 5) is 11.5. The first-order chi connectivity index (χ1) is 6.83. The van der Waals surface area contributed by atoms with Gasteiger partial charge in [0.15, 0.2) is 0 Å². The molecule has 0 fully saturated rings. The molecule has 0 aliphatic heterocycles. The van der Waals surface area contributed by atoms with Crippen LogP contribution in [0.3, 0.4) is 0 Å². The van der Waals surface area contributed by atoms with Gasteiger partial charge in [-0.2, -0.15) is 4.68 Å². The molecule has 72 valence electrons. The number of aromatic nitrogens is 3. The van der Waals surface area contributed by atoms with E-state index in [0.29, 0.717) is 11.0 Å². The average Bonchev–Trinajstić information content (AvgIpc) is 2.61. The van der Waals surface area contributed by atoms with Crippen LogP contribution in [0.25, 0.3) is 11.0 Å². The number of hydrogen-bond acceptors (Lipinski definition) is 5. The number of fused-ring (bicyclic) bond motifs is 1. The van der Waals surface area contributed by atoms with Crippen molar-refractivity contribution in [3.05, 3.63) is 24.3 Å². The molecule has 14 heavy (non-hydrogen) atoms. The van der Waals surface area contributed by atoms with Gasteiger partial charge in [0.05, 0.1) is 12.1 Å². The van der Waals surface area contributed by atoms with E-state index in [1.807, 2.05) is 12.1 Å². The minimum Gasteiger partial charge on any atom is -0.271 e. The molecule has 2 aromatic rings. The van der Waals surface area contributed by atoms with Crippen molar-refractivity contribution in [1.29, 1.82) is 0 Å². The topological polar surface area (TPSA) is 59.8 Å². The Hall–Kier alpha value is -1.40. The second-order valence-corrected chi connectivity index (χ2v) is 3.03. The number of nitrogens with one attached hydrogen (secondary N) is 1. The van der Waals surface area contributed by atoms with Crippen LogP contribution in [-0.4, -0.2) is 27.4 Å². The Labute approximate surface area is 85.6 Å². The molecule has 0 saturated carbocycles. The fourth-order valence-corrected chi connectivity index (χ4v) is 1.33. The van der Waals surface area contributed by atoms with Crippen LogP contribution in [0.2, 0.25) is 0 Å². The zero-order valence-corrected chi connectivity index (χ0v) is 8.11. The summed E-state index contributed by atoms with van der Waals surface area (Å²) in [7, 11) is 0. The Morgan fingerprint density at radius 1 is 1.50 bits per heavy atom. The molecule has 5 nitrogen and oxygen atoms in total. The summed E-state index contributed by atoms with van der Waals surface area (Å²) < 4.78 is 3.74. The predicted molar refractivity (Wildman–Crippen MR) is 55.1 cm³/mol. The first kappa shape index (κ1) is 9.17. The first-order valence-electron chi connectivity index (χ1n) is 4.03. The lowest BCUT2D eigenvalue weighted by molar-refractivity contribution is 0.0907.